The van der Waals surface area contributed by atoms with Crippen LogP contribution in [0.3, 0.4) is 0 Å². The molecule has 1 saturated heterocycles. The molecule has 0 saturated carbocycles. The van der Waals surface area contributed by atoms with E-state index in [0.29, 0.717) is 17.7 Å². The maximum Gasteiger partial charge on any atom is 0.261 e. The van der Waals surface area contributed by atoms with Crippen molar-refractivity contribution in [2.45, 2.75) is 12.8 Å². The highest BCUT2D eigenvalue weighted by molar-refractivity contribution is 6.21. The Morgan fingerprint density at radius 3 is 2.23 bits per heavy atom. The first kappa shape index (κ1) is 20.8. The van der Waals surface area contributed by atoms with E-state index in [9.17, 15) is 9.59 Å². The molecule has 1 aromatic heterocycles. The summed E-state index contributed by atoms with van der Waals surface area (Å²) in [4.78, 5) is 43.6. The number of piperazine rings is 1. The summed E-state index contributed by atoms with van der Waals surface area (Å²) in [5.74, 6) is 1.25. The highest BCUT2D eigenvalue weighted by Gasteiger charge is 2.34. The highest BCUT2D eigenvalue weighted by atomic mass is 16.2. The molecule has 3 heterocycles. The standard InChI is InChI=1S/C22H27N7O2/c1-23-21(27-13-15-28(16-14-27)22-25-10-6-11-26-22)24-9-4-5-12-29-19(30)17-7-2-3-8-18(17)20(29)31/h2-3,6-8,10-11H,4-5,9,12-16H2,1H3,(H,23,24). The Balaban J connectivity index is 1.19. The van der Waals surface area contributed by atoms with Crippen LogP contribution in [-0.4, -0.2) is 83.9 Å². The Kier molecular flexibility index (Phi) is 6.40. The zero-order chi connectivity index (χ0) is 21.6. The fourth-order valence-corrected chi connectivity index (χ4v) is 3.94. The van der Waals surface area contributed by atoms with Gasteiger partial charge in [0.1, 0.15) is 0 Å². The quantitative estimate of drug-likeness (QED) is 0.325. The van der Waals surface area contributed by atoms with Crippen molar-refractivity contribution in [3.05, 3.63) is 53.9 Å². The van der Waals surface area contributed by atoms with E-state index < -0.39 is 0 Å². The summed E-state index contributed by atoms with van der Waals surface area (Å²) >= 11 is 0. The van der Waals surface area contributed by atoms with Gasteiger partial charge in [-0.15, -0.1) is 0 Å². The number of rotatable bonds is 6. The number of imide groups is 1. The number of hydrogen-bond donors (Lipinski definition) is 1. The van der Waals surface area contributed by atoms with Crippen LogP contribution < -0.4 is 10.2 Å². The van der Waals surface area contributed by atoms with Gasteiger partial charge in [-0.1, -0.05) is 12.1 Å². The topological polar surface area (TPSA) is 94.0 Å². The Morgan fingerprint density at radius 2 is 1.61 bits per heavy atom. The average Bonchev–Trinajstić information content (AvgIpc) is 3.07. The molecule has 2 aromatic rings. The lowest BCUT2D eigenvalue weighted by atomic mass is 10.1. The molecule has 4 rings (SSSR count). The third kappa shape index (κ3) is 4.50. The Labute approximate surface area is 181 Å². The second kappa shape index (κ2) is 9.55. The van der Waals surface area contributed by atoms with Gasteiger partial charge in [0, 0.05) is 58.7 Å². The summed E-state index contributed by atoms with van der Waals surface area (Å²) in [7, 11) is 1.79. The SMILES string of the molecule is CN=C(NCCCCN1C(=O)c2ccccc2C1=O)N1CCN(c2ncccn2)CC1. The van der Waals surface area contributed by atoms with E-state index in [2.05, 4.69) is 30.1 Å². The van der Waals surface area contributed by atoms with Crippen molar-refractivity contribution >= 4 is 23.7 Å². The van der Waals surface area contributed by atoms with Gasteiger partial charge in [0.25, 0.3) is 11.8 Å². The number of unbranched alkanes of at least 4 members (excludes halogenated alkanes) is 1. The molecule has 0 unspecified atom stereocenters. The molecule has 0 atom stereocenters. The smallest absolute Gasteiger partial charge is 0.261 e. The fourth-order valence-electron chi connectivity index (χ4n) is 3.94. The fraction of sp³-hybridized carbons (Fsp3) is 0.409. The molecule has 1 fully saturated rings. The van der Waals surface area contributed by atoms with E-state index in [1.165, 1.54) is 4.90 Å². The molecule has 0 spiro atoms. The number of nitrogens with zero attached hydrogens (tertiary/aromatic N) is 6. The third-order valence-corrected chi connectivity index (χ3v) is 5.60. The number of aliphatic imine (C=N–C) groups is 1. The summed E-state index contributed by atoms with van der Waals surface area (Å²) < 4.78 is 0. The number of fused-ring (bicyclic) bond motifs is 1. The Morgan fingerprint density at radius 1 is 0.968 bits per heavy atom. The van der Waals surface area contributed by atoms with Gasteiger partial charge in [0.05, 0.1) is 11.1 Å². The van der Waals surface area contributed by atoms with Gasteiger partial charge in [-0.25, -0.2) is 9.97 Å². The monoisotopic (exact) mass is 421 g/mol. The van der Waals surface area contributed by atoms with Crippen LogP contribution in [0.1, 0.15) is 33.6 Å². The number of carbonyl (C=O) groups is 2. The normalized spacial score (nSPS) is 16.7. The van der Waals surface area contributed by atoms with Gasteiger partial charge in [0.2, 0.25) is 5.95 Å². The first-order valence-corrected chi connectivity index (χ1v) is 10.6. The van der Waals surface area contributed by atoms with Crippen LogP contribution in [0.4, 0.5) is 5.95 Å². The molecule has 0 bridgehead atoms. The first-order chi connectivity index (χ1) is 15.2. The molecule has 2 amide bonds. The van der Waals surface area contributed by atoms with Crippen molar-refractivity contribution in [2.75, 3.05) is 51.2 Å². The molecule has 0 radical (unpaired) electrons. The van der Waals surface area contributed by atoms with E-state index >= 15 is 0 Å². The van der Waals surface area contributed by atoms with Crippen LogP contribution in [-0.2, 0) is 0 Å². The largest absolute Gasteiger partial charge is 0.356 e. The number of carbonyl (C=O) groups excluding carboxylic acids is 2. The van der Waals surface area contributed by atoms with Crippen molar-refractivity contribution < 1.29 is 9.59 Å². The number of aromatic nitrogens is 2. The van der Waals surface area contributed by atoms with Gasteiger partial charge in [-0.3, -0.25) is 19.5 Å². The minimum absolute atomic E-state index is 0.190. The van der Waals surface area contributed by atoms with Crippen LogP contribution in [0.5, 0.6) is 0 Å². The molecule has 0 aliphatic carbocycles. The van der Waals surface area contributed by atoms with E-state index in [1.807, 2.05) is 6.07 Å². The van der Waals surface area contributed by atoms with Gasteiger partial charge in [0.15, 0.2) is 5.96 Å². The lowest BCUT2D eigenvalue weighted by Crippen LogP contribution is -2.53. The van der Waals surface area contributed by atoms with E-state index in [4.69, 9.17) is 0 Å². The number of anilines is 1. The van der Waals surface area contributed by atoms with Gasteiger partial charge < -0.3 is 15.1 Å². The third-order valence-electron chi connectivity index (χ3n) is 5.60. The summed E-state index contributed by atoms with van der Waals surface area (Å²) in [6.45, 7) is 4.52. The second-order valence-corrected chi connectivity index (χ2v) is 7.51. The number of benzene rings is 1. The van der Waals surface area contributed by atoms with Crippen LogP contribution in [0, 0.1) is 0 Å². The van der Waals surface area contributed by atoms with E-state index in [-0.39, 0.29) is 11.8 Å². The number of nitrogens with one attached hydrogen (secondary N) is 1. The lowest BCUT2D eigenvalue weighted by Gasteiger charge is -2.36. The molecule has 2 aliphatic rings. The molecule has 1 aromatic carbocycles. The van der Waals surface area contributed by atoms with Crippen molar-refractivity contribution in [1.29, 1.82) is 0 Å². The molecule has 1 N–H and O–H groups in total. The van der Waals surface area contributed by atoms with Gasteiger partial charge in [-0.2, -0.15) is 0 Å². The van der Waals surface area contributed by atoms with E-state index in [0.717, 1.165) is 57.5 Å². The van der Waals surface area contributed by atoms with Crippen molar-refractivity contribution in [3.63, 3.8) is 0 Å². The molecule has 2 aliphatic heterocycles. The van der Waals surface area contributed by atoms with Crippen molar-refractivity contribution in [3.8, 4) is 0 Å². The summed E-state index contributed by atoms with van der Waals surface area (Å²) in [5, 5.41) is 3.40. The van der Waals surface area contributed by atoms with Crippen LogP contribution >= 0.6 is 0 Å². The molecular formula is C22H27N7O2. The van der Waals surface area contributed by atoms with E-state index in [1.54, 1.807) is 43.7 Å². The van der Waals surface area contributed by atoms with Gasteiger partial charge >= 0.3 is 0 Å². The average molecular weight is 422 g/mol. The number of hydrogen-bond acceptors (Lipinski definition) is 6. The van der Waals surface area contributed by atoms with Crippen molar-refractivity contribution in [2.24, 2.45) is 4.99 Å². The van der Waals surface area contributed by atoms with Crippen molar-refractivity contribution in [1.82, 2.24) is 25.1 Å². The second-order valence-electron chi connectivity index (χ2n) is 7.51. The Hall–Kier alpha value is -3.49. The van der Waals surface area contributed by atoms with Gasteiger partial charge in [-0.05, 0) is 31.0 Å². The predicted octanol–water partition coefficient (Wildman–Crippen LogP) is 1.25. The first-order valence-electron chi connectivity index (χ1n) is 10.6. The molecule has 9 nitrogen and oxygen atoms in total. The number of guanidine groups is 1. The molecule has 31 heavy (non-hydrogen) atoms. The zero-order valence-electron chi connectivity index (χ0n) is 17.7. The summed E-state index contributed by atoms with van der Waals surface area (Å²) in [5.41, 5.74) is 1.01. The van der Waals surface area contributed by atoms with Crippen LogP contribution in [0.15, 0.2) is 47.7 Å². The Bertz CT molecular complexity index is 920. The zero-order valence-corrected chi connectivity index (χ0v) is 17.7. The maximum absolute atomic E-state index is 12.4. The lowest BCUT2D eigenvalue weighted by molar-refractivity contribution is 0.0652. The summed E-state index contributed by atoms with van der Waals surface area (Å²) in [6.07, 6.45) is 5.10. The maximum atomic E-state index is 12.4. The predicted molar refractivity (Wildman–Crippen MR) is 118 cm³/mol. The molecule has 9 heteroatoms. The highest BCUT2D eigenvalue weighted by Crippen LogP contribution is 2.22. The number of amides is 2. The van der Waals surface area contributed by atoms with Crippen LogP contribution in [0.25, 0.3) is 0 Å². The van der Waals surface area contributed by atoms with Crippen LogP contribution in [0.2, 0.25) is 0 Å². The molecule has 162 valence electrons. The summed E-state index contributed by atoms with van der Waals surface area (Å²) in [6, 6.07) is 8.82. The minimum Gasteiger partial charge on any atom is -0.356 e. The molecular weight excluding hydrogens is 394 g/mol. The minimum atomic E-state index is -0.190.